The molecule has 1 aliphatic rings. The summed E-state index contributed by atoms with van der Waals surface area (Å²) in [7, 11) is 0. The van der Waals surface area contributed by atoms with Crippen molar-refractivity contribution in [2.24, 2.45) is 0 Å². The number of hydrogen-bond acceptors (Lipinski definition) is 8. The van der Waals surface area contributed by atoms with Gasteiger partial charge < -0.3 is 30.3 Å². The molecule has 9 nitrogen and oxygen atoms in total. The highest BCUT2D eigenvalue weighted by Crippen LogP contribution is 2.42. The van der Waals surface area contributed by atoms with Gasteiger partial charge >= 0.3 is 5.97 Å². The van der Waals surface area contributed by atoms with E-state index in [0.717, 1.165) is 5.56 Å². The first-order valence-electron chi connectivity index (χ1n) is 9.44. The van der Waals surface area contributed by atoms with Crippen molar-refractivity contribution in [1.82, 2.24) is 0 Å². The number of carboxylic acids is 1. The molecule has 0 radical (unpaired) electrons. The lowest BCUT2D eigenvalue weighted by Gasteiger charge is -2.26. The number of aliphatic hydroxyl groups is 4. The molecule has 5 N–H and O–H groups in total. The molecule has 3 rings (SSSR count). The summed E-state index contributed by atoms with van der Waals surface area (Å²) in [5.41, 5.74) is 2.42. The van der Waals surface area contributed by atoms with Crippen LogP contribution in [0.1, 0.15) is 26.9 Å². The van der Waals surface area contributed by atoms with E-state index in [0.29, 0.717) is 17.0 Å². The van der Waals surface area contributed by atoms with Gasteiger partial charge in [0.1, 0.15) is 11.2 Å². The molecule has 0 aromatic heterocycles. The van der Waals surface area contributed by atoms with Gasteiger partial charge in [-0.15, -0.1) is 11.8 Å². The van der Waals surface area contributed by atoms with Crippen LogP contribution < -0.4 is 4.90 Å². The quantitative estimate of drug-likeness (QED) is 0.378. The first-order chi connectivity index (χ1) is 15.2. The summed E-state index contributed by atoms with van der Waals surface area (Å²) in [4.78, 5) is 25.0. The molecular weight excluding hydrogens is 445 g/mol. The minimum Gasteiger partial charge on any atom is -0.478 e. The lowest BCUT2D eigenvalue weighted by atomic mass is 10.1. The fourth-order valence-corrected chi connectivity index (χ4v) is 4.05. The van der Waals surface area contributed by atoms with Crippen molar-refractivity contribution in [3.05, 3.63) is 65.0 Å². The standard InChI is InChI=1S/C17H14FNO3S.C4H10O5/c1-10-8-12(17(21)22)4-7-14(10)19-15(20)9-23-16(19)11-2-5-13(18)6-3-11;5-1-3(7)9-4(8)2-6/h2-8,16H,9H2,1H3,(H,21,22);3-8H,1-2H2. The maximum Gasteiger partial charge on any atom is 0.335 e. The number of benzene rings is 2. The van der Waals surface area contributed by atoms with E-state index in [1.54, 1.807) is 36.1 Å². The molecule has 2 aromatic carbocycles. The van der Waals surface area contributed by atoms with Gasteiger partial charge in [0.15, 0.2) is 12.6 Å². The van der Waals surface area contributed by atoms with E-state index in [4.69, 9.17) is 25.5 Å². The number of aryl methyl sites for hydroxylation is 1. The predicted octanol–water partition coefficient (Wildman–Crippen LogP) is 1.24. The molecule has 0 bridgehead atoms. The molecule has 1 aliphatic heterocycles. The molecule has 32 heavy (non-hydrogen) atoms. The van der Waals surface area contributed by atoms with Crippen molar-refractivity contribution in [2.45, 2.75) is 24.9 Å². The Bertz CT molecular complexity index is 919. The molecule has 1 fully saturated rings. The Morgan fingerprint density at radius 1 is 1.16 bits per heavy atom. The zero-order valence-corrected chi connectivity index (χ0v) is 17.9. The Kier molecular flexibility index (Phi) is 9.57. The lowest BCUT2D eigenvalue weighted by Crippen LogP contribution is -2.28. The van der Waals surface area contributed by atoms with Crippen molar-refractivity contribution in [1.29, 1.82) is 0 Å². The van der Waals surface area contributed by atoms with Crippen LogP contribution in [0.3, 0.4) is 0 Å². The van der Waals surface area contributed by atoms with Gasteiger partial charge in [-0.3, -0.25) is 9.69 Å². The van der Waals surface area contributed by atoms with Crippen molar-refractivity contribution < 1.29 is 44.2 Å². The summed E-state index contributed by atoms with van der Waals surface area (Å²) in [5, 5.41) is 41.9. The number of amides is 1. The fourth-order valence-electron chi connectivity index (χ4n) is 2.88. The van der Waals surface area contributed by atoms with E-state index < -0.39 is 31.8 Å². The highest BCUT2D eigenvalue weighted by molar-refractivity contribution is 8.00. The predicted molar refractivity (Wildman–Crippen MR) is 114 cm³/mol. The van der Waals surface area contributed by atoms with E-state index in [2.05, 4.69) is 4.74 Å². The smallest absolute Gasteiger partial charge is 0.335 e. The van der Waals surface area contributed by atoms with Gasteiger partial charge in [-0.2, -0.15) is 0 Å². The number of thioether (sulfide) groups is 1. The number of rotatable bonds is 7. The van der Waals surface area contributed by atoms with Crippen LogP contribution in [0.5, 0.6) is 0 Å². The minimum absolute atomic E-state index is 0.0458. The van der Waals surface area contributed by atoms with Crippen LogP contribution in [0.15, 0.2) is 42.5 Å². The summed E-state index contributed by atoms with van der Waals surface area (Å²) in [6.45, 7) is 0.577. The lowest BCUT2D eigenvalue weighted by molar-refractivity contribution is -0.229. The number of carbonyl (C=O) groups is 2. The van der Waals surface area contributed by atoms with E-state index >= 15 is 0 Å². The molecule has 0 spiro atoms. The Balaban J connectivity index is 0.000000344. The highest BCUT2D eigenvalue weighted by atomic mass is 32.2. The van der Waals surface area contributed by atoms with Gasteiger partial charge in [0.25, 0.3) is 0 Å². The zero-order valence-electron chi connectivity index (χ0n) is 17.1. The number of carbonyl (C=O) groups excluding carboxylic acids is 1. The molecule has 0 saturated carbocycles. The molecule has 1 amide bonds. The number of halogens is 1. The second-order valence-electron chi connectivity index (χ2n) is 6.70. The number of aliphatic hydroxyl groups excluding tert-OH is 4. The summed E-state index contributed by atoms with van der Waals surface area (Å²) in [6, 6.07) is 10.8. The van der Waals surface area contributed by atoms with Crippen LogP contribution in [0.4, 0.5) is 10.1 Å². The van der Waals surface area contributed by atoms with Crippen molar-refractivity contribution in [3.63, 3.8) is 0 Å². The van der Waals surface area contributed by atoms with Crippen molar-refractivity contribution >= 4 is 29.3 Å². The minimum atomic E-state index is -1.42. The molecule has 174 valence electrons. The number of nitrogens with zero attached hydrogens (tertiary/aromatic N) is 1. The number of aromatic carboxylic acids is 1. The van der Waals surface area contributed by atoms with E-state index in [9.17, 15) is 14.0 Å². The van der Waals surface area contributed by atoms with Gasteiger partial charge in [0, 0.05) is 5.69 Å². The first-order valence-corrected chi connectivity index (χ1v) is 10.5. The summed E-state index contributed by atoms with van der Waals surface area (Å²) < 4.78 is 17.3. The first kappa shape index (κ1) is 25.7. The summed E-state index contributed by atoms with van der Waals surface area (Å²) in [6.07, 6.45) is -2.85. The second kappa shape index (κ2) is 11.9. The normalized spacial score (nSPS) is 17.5. The SMILES string of the molecule is Cc1cc(C(=O)O)ccc1N1C(=O)CSC1c1ccc(F)cc1.OCC(O)OC(O)CO. The third kappa shape index (κ3) is 6.73. The van der Waals surface area contributed by atoms with Gasteiger partial charge in [-0.25, -0.2) is 9.18 Å². The monoisotopic (exact) mass is 469 g/mol. The van der Waals surface area contributed by atoms with Crippen LogP contribution in [0.2, 0.25) is 0 Å². The topological polar surface area (TPSA) is 148 Å². The van der Waals surface area contributed by atoms with E-state index in [-0.39, 0.29) is 22.7 Å². The van der Waals surface area contributed by atoms with Crippen LogP contribution in [0, 0.1) is 12.7 Å². The van der Waals surface area contributed by atoms with Crippen LogP contribution >= 0.6 is 11.8 Å². The molecule has 1 heterocycles. The van der Waals surface area contributed by atoms with Crippen molar-refractivity contribution in [2.75, 3.05) is 23.9 Å². The molecule has 3 atom stereocenters. The maximum atomic E-state index is 13.1. The van der Waals surface area contributed by atoms with Gasteiger partial charge in [-0.1, -0.05) is 12.1 Å². The Morgan fingerprint density at radius 3 is 2.25 bits per heavy atom. The second-order valence-corrected chi connectivity index (χ2v) is 7.76. The maximum absolute atomic E-state index is 13.1. The molecule has 0 aliphatic carbocycles. The third-order valence-corrected chi connectivity index (χ3v) is 5.57. The van der Waals surface area contributed by atoms with E-state index in [1.165, 1.54) is 30.0 Å². The molecule has 3 unspecified atom stereocenters. The fraction of sp³-hybridized carbons (Fsp3) is 0.333. The van der Waals surface area contributed by atoms with Crippen molar-refractivity contribution in [3.8, 4) is 0 Å². The number of hydrogen-bond donors (Lipinski definition) is 5. The number of anilines is 1. The molecule has 11 heteroatoms. The van der Waals surface area contributed by atoms with Gasteiger partial charge in [0.2, 0.25) is 5.91 Å². The Labute approximate surface area is 187 Å². The average Bonchev–Trinajstić information content (AvgIpc) is 3.15. The largest absolute Gasteiger partial charge is 0.478 e. The molecule has 1 saturated heterocycles. The van der Waals surface area contributed by atoms with Gasteiger partial charge in [-0.05, 0) is 48.4 Å². The van der Waals surface area contributed by atoms with E-state index in [1.807, 2.05) is 0 Å². The van der Waals surface area contributed by atoms with Crippen LogP contribution in [-0.4, -0.2) is 69.0 Å². The number of carboxylic acid groups (broad SMARTS) is 1. The summed E-state index contributed by atoms with van der Waals surface area (Å²) >= 11 is 1.47. The molecular formula is C21H24FNO8S. The molecule has 2 aromatic rings. The van der Waals surface area contributed by atoms with Gasteiger partial charge in [0.05, 0.1) is 24.5 Å². The van der Waals surface area contributed by atoms with Crippen LogP contribution in [0.25, 0.3) is 0 Å². The highest BCUT2D eigenvalue weighted by Gasteiger charge is 2.34. The Hall–Kier alpha value is -2.54. The zero-order chi connectivity index (χ0) is 23.8. The average molecular weight is 469 g/mol. The number of ether oxygens (including phenoxy) is 1. The van der Waals surface area contributed by atoms with Crippen LogP contribution in [-0.2, 0) is 9.53 Å². The summed E-state index contributed by atoms with van der Waals surface area (Å²) in [5.74, 6) is -1.04. The third-order valence-electron chi connectivity index (χ3n) is 4.35. The Morgan fingerprint density at radius 2 is 1.75 bits per heavy atom.